The van der Waals surface area contributed by atoms with Crippen LogP contribution in [-0.2, 0) is 0 Å². The van der Waals surface area contributed by atoms with E-state index >= 15 is 4.39 Å². The SMILES string of the molecule is CN1CCN(C2CCC(c3sc(-c4ccc(Oc5ccccc5)cc4F)c4c(N)ncnc34)CC2)CC1. The average Bonchev–Trinajstić information content (AvgIpc) is 3.31. The maximum atomic E-state index is 15.5. The summed E-state index contributed by atoms with van der Waals surface area (Å²) in [5, 5.41) is 0.763. The number of thiophene rings is 1. The third-order valence-electron chi connectivity index (χ3n) is 7.83. The van der Waals surface area contributed by atoms with Crippen LogP contribution in [0.1, 0.15) is 36.5 Å². The zero-order valence-corrected chi connectivity index (χ0v) is 21.9. The van der Waals surface area contributed by atoms with Gasteiger partial charge in [0.25, 0.3) is 0 Å². The van der Waals surface area contributed by atoms with Gasteiger partial charge in [-0.25, -0.2) is 14.4 Å². The van der Waals surface area contributed by atoms with Crippen molar-refractivity contribution in [2.75, 3.05) is 39.0 Å². The van der Waals surface area contributed by atoms with E-state index in [1.807, 2.05) is 30.3 Å². The highest BCUT2D eigenvalue weighted by molar-refractivity contribution is 7.17. The Morgan fingerprint density at radius 2 is 1.70 bits per heavy atom. The fourth-order valence-corrected chi connectivity index (χ4v) is 7.20. The summed E-state index contributed by atoms with van der Waals surface area (Å²) in [5.74, 6) is 1.59. The highest BCUT2D eigenvalue weighted by atomic mass is 32.1. The van der Waals surface area contributed by atoms with Gasteiger partial charge in [0, 0.05) is 48.7 Å². The van der Waals surface area contributed by atoms with Crippen molar-refractivity contribution >= 4 is 28.1 Å². The molecule has 2 aliphatic rings. The van der Waals surface area contributed by atoms with Crippen molar-refractivity contribution in [2.45, 2.75) is 37.6 Å². The summed E-state index contributed by atoms with van der Waals surface area (Å²) < 4.78 is 21.3. The molecule has 3 heterocycles. The third-order valence-corrected chi connectivity index (χ3v) is 9.21. The quantitative estimate of drug-likeness (QED) is 0.343. The minimum atomic E-state index is -0.342. The highest BCUT2D eigenvalue weighted by Crippen LogP contribution is 2.48. The van der Waals surface area contributed by atoms with E-state index in [2.05, 4.69) is 26.8 Å². The normalized spacial score (nSPS) is 21.4. The van der Waals surface area contributed by atoms with Gasteiger partial charge in [-0.3, -0.25) is 4.90 Å². The lowest BCUT2D eigenvalue weighted by atomic mass is 9.84. The minimum absolute atomic E-state index is 0.342. The first-order chi connectivity index (χ1) is 18.1. The topological polar surface area (TPSA) is 67.5 Å². The van der Waals surface area contributed by atoms with Crippen LogP contribution in [0.3, 0.4) is 0 Å². The average molecular weight is 518 g/mol. The smallest absolute Gasteiger partial charge is 0.136 e. The Labute approximate surface area is 220 Å². The molecule has 1 aliphatic heterocycles. The number of rotatable bonds is 5. The number of benzene rings is 2. The number of anilines is 1. The molecule has 37 heavy (non-hydrogen) atoms. The number of nitrogens with zero attached hydrogens (tertiary/aromatic N) is 4. The zero-order valence-electron chi connectivity index (χ0n) is 21.1. The van der Waals surface area contributed by atoms with Gasteiger partial charge in [0.2, 0.25) is 0 Å². The predicted octanol–water partition coefficient (Wildman–Crippen LogP) is 6.15. The summed E-state index contributed by atoms with van der Waals surface area (Å²) in [6.45, 7) is 4.61. The number of halogens is 1. The summed E-state index contributed by atoms with van der Waals surface area (Å²) in [6, 6.07) is 15.1. The molecule has 1 saturated carbocycles. The van der Waals surface area contributed by atoms with Crippen molar-refractivity contribution in [1.82, 2.24) is 19.8 Å². The van der Waals surface area contributed by atoms with Gasteiger partial charge in [0.1, 0.15) is 29.5 Å². The fourth-order valence-electron chi connectivity index (χ4n) is 5.74. The highest BCUT2D eigenvalue weighted by Gasteiger charge is 2.31. The molecule has 2 aromatic heterocycles. The molecular formula is C29H32FN5OS. The van der Waals surface area contributed by atoms with Crippen molar-refractivity contribution in [1.29, 1.82) is 0 Å². The number of fused-ring (bicyclic) bond motifs is 1. The molecule has 0 spiro atoms. The number of ether oxygens (including phenoxy) is 1. The fraction of sp³-hybridized carbons (Fsp3) is 0.379. The molecule has 2 N–H and O–H groups in total. The van der Waals surface area contributed by atoms with E-state index in [0.717, 1.165) is 54.8 Å². The van der Waals surface area contributed by atoms with E-state index in [1.165, 1.54) is 30.1 Å². The van der Waals surface area contributed by atoms with Gasteiger partial charge >= 0.3 is 0 Å². The van der Waals surface area contributed by atoms with Crippen LogP contribution in [0.5, 0.6) is 11.5 Å². The number of para-hydroxylation sites is 1. The first-order valence-electron chi connectivity index (χ1n) is 13.0. The Kier molecular flexibility index (Phi) is 6.80. The molecule has 1 saturated heterocycles. The Morgan fingerprint density at radius 1 is 0.946 bits per heavy atom. The monoisotopic (exact) mass is 517 g/mol. The molecule has 2 aromatic carbocycles. The minimum Gasteiger partial charge on any atom is -0.457 e. The van der Waals surface area contributed by atoms with Gasteiger partial charge in [-0.05, 0) is 62.9 Å². The van der Waals surface area contributed by atoms with Gasteiger partial charge in [0.15, 0.2) is 0 Å². The number of aromatic nitrogens is 2. The van der Waals surface area contributed by atoms with Gasteiger partial charge in [-0.15, -0.1) is 11.3 Å². The lowest BCUT2D eigenvalue weighted by molar-refractivity contribution is 0.0881. The summed E-state index contributed by atoms with van der Waals surface area (Å²) in [5.41, 5.74) is 7.73. The second-order valence-electron chi connectivity index (χ2n) is 10.2. The lowest BCUT2D eigenvalue weighted by Crippen LogP contribution is -2.49. The van der Waals surface area contributed by atoms with E-state index in [9.17, 15) is 0 Å². The van der Waals surface area contributed by atoms with Gasteiger partial charge in [-0.1, -0.05) is 18.2 Å². The molecule has 0 amide bonds. The summed E-state index contributed by atoms with van der Waals surface area (Å²) in [4.78, 5) is 16.0. The Hall–Kier alpha value is -3.07. The maximum Gasteiger partial charge on any atom is 0.136 e. The first-order valence-corrected chi connectivity index (χ1v) is 13.9. The van der Waals surface area contributed by atoms with Crippen LogP contribution in [0.4, 0.5) is 10.2 Å². The number of hydrogen-bond donors (Lipinski definition) is 1. The van der Waals surface area contributed by atoms with E-state index in [1.54, 1.807) is 23.5 Å². The molecule has 0 bridgehead atoms. The van der Waals surface area contributed by atoms with Crippen LogP contribution in [0.15, 0.2) is 54.9 Å². The Morgan fingerprint density at radius 3 is 2.43 bits per heavy atom. The zero-order chi connectivity index (χ0) is 25.4. The first kappa shape index (κ1) is 24.3. The number of likely N-dealkylation sites (N-methyl/N-ethyl adjacent to an activating group) is 1. The van der Waals surface area contributed by atoms with E-state index in [0.29, 0.717) is 34.8 Å². The van der Waals surface area contributed by atoms with Crippen molar-refractivity contribution < 1.29 is 9.13 Å². The van der Waals surface area contributed by atoms with Crippen LogP contribution in [0.25, 0.3) is 21.3 Å². The number of nitrogen functional groups attached to an aromatic ring is 1. The van der Waals surface area contributed by atoms with Crippen LogP contribution >= 0.6 is 11.3 Å². The second kappa shape index (κ2) is 10.4. The molecule has 2 fully saturated rings. The number of nitrogens with two attached hydrogens (primary N) is 1. The summed E-state index contributed by atoms with van der Waals surface area (Å²) >= 11 is 1.62. The van der Waals surface area contributed by atoms with Crippen LogP contribution in [0.2, 0.25) is 0 Å². The second-order valence-corrected chi connectivity index (χ2v) is 11.2. The van der Waals surface area contributed by atoms with E-state index in [4.69, 9.17) is 10.5 Å². The molecule has 1 aliphatic carbocycles. The molecular weight excluding hydrogens is 485 g/mol. The molecule has 8 heteroatoms. The molecule has 192 valence electrons. The van der Waals surface area contributed by atoms with Crippen molar-refractivity contribution in [3.63, 3.8) is 0 Å². The van der Waals surface area contributed by atoms with Crippen molar-refractivity contribution in [3.05, 3.63) is 65.6 Å². The van der Waals surface area contributed by atoms with Crippen LogP contribution in [-0.4, -0.2) is 59.0 Å². The van der Waals surface area contributed by atoms with Crippen LogP contribution < -0.4 is 10.5 Å². The van der Waals surface area contributed by atoms with Crippen molar-refractivity contribution in [2.24, 2.45) is 0 Å². The van der Waals surface area contributed by atoms with Gasteiger partial charge in [-0.2, -0.15) is 0 Å². The largest absolute Gasteiger partial charge is 0.457 e. The number of piperazine rings is 1. The predicted molar refractivity (Wildman–Crippen MR) is 148 cm³/mol. The molecule has 6 rings (SSSR count). The van der Waals surface area contributed by atoms with Gasteiger partial charge < -0.3 is 15.4 Å². The van der Waals surface area contributed by atoms with Crippen LogP contribution in [0, 0.1) is 5.82 Å². The summed E-state index contributed by atoms with van der Waals surface area (Å²) in [7, 11) is 2.20. The van der Waals surface area contributed by atoms with E-state index in [-0.39, 0.29) is 5.82 Å². The molecule has 4 aromatic rings. The molecule has 0 atom stereocenters. The molecule has 0 radical (unpaired) electrons. The molecule has 0 unspecified atom stereocenters. The van der Waals surface area contributed by atoms with Crippen molar-refractivity contribution in [3.8, 4) is 21.9 Å². The standard InChI is InChI=1S/C29H32FN5OS/c1-34-13-15-35(16-14-34)20-9-7-19(8-10-20)27-26-25(29(31)33-18-32-26)28(37-27)23-12-11-22(17-24(23)30)36-21-5-3-2-4-6-21/h2-6,11-12,17-20H,7-10,13-16H2,1H3,(H2,31,32,33). The third kappa shape index (κ3) is 4.93. The molecule has 6 nitrogen and oxygen atoms in total. The Balaban J connectivity index is 1.27. The van der Waals surface area contributed by atoms with Gasteiger partial charge in [0.05, 0.1) is 15.8 Å². The number of hydrogen-bond acceptors (Lipinski definition) is 7. The Bertz CT molecular complexity index is 1380. The lowest BCUT2D eigenvalue weighted by Gasteiger charge is -2.41. The van der Waals surface area contributed by atoms with E-state index < -0.39 is 0 Å². The summed E-state index contributed by atoms with van der Waals surface area (Å²) in [6.07, 6.45) is 6.12. The maximum absolute atomic E-state index is 15.5.